The average Bonchev–Trinajstić information content (AvgIpc) is 2.50. The van der Waals surface area contributed by atoms with Crippen LogP contribution in [0.3, 0.4) is 0 Å². The van der Waals surface area contributed by atoms with Crippen molar-refractivity contribution >= 4 is 18.2 Å². The second kappa shape index (κ2) is 7.90. The van der Waals surface area contributed by atoms with E-state index in [4.69, 9.17) is 4.74 Å². The molecule has 0 aliphatic rings. The van der Waals surface area contributed by atoms with E-state index in [-0.39, 0.29) is 18.8 Å². The number of hydrogen-bond donors (Lipinski definition) is 0. The van der Waals surface area contributed by atoms with Crippen LogP contribution in [0.2, 0.25) is 0 Å². The van der Waals surface area contributed by atoms with E-state index in [0.717, 1.165) is 5.56 Å². The summed E-state index contributed by atoms with van der Waals surface area (Å²) < 4.78 is 10.1. The van der Waals surface area contributed by atoms with Crippen molar-refractivity contribution in [3.05, 3.63) is 35.9 Å². The topological polar surface area (TPSA) is 65.0 Å². The van der Waals surface area contributed by atoms with E-state index in [1.165, 1.54) is 7.11 Å². The Kier molecular flexibility index (Phi) is 6.49. The molecule has 126 valence electrons. The highest BCUT2D eigenvalue weighted by molar-refractivity contribution is 5.87. The summed E-state index contributed by atoms with van der Waals surface area (Å²) in [5, 5.41) is 0. The van der Waals surface area contributed by atoms with Crippen LogP contribution in [-0.4, -0.2) is 36.4 Å². The molecule has 0 aromatic heterocycles. The number of esters is 2. The fourth-order valence-corrected chi connectivity index (χ4v) is 1.81. The minimum absolute atomic E-state index is 0.0956. The van der Waals surface area contributed by atoms with Crippen LogP contribution in [0.15, 0.2) is 35.3 Å². The van der Waals surface area contributed by atoms with Crippen molar-refractivity contribution in [1.29, 1.82) is 0 Å². The zero-order valence-corrected chi connectivity index (χ0v) is 14.5. The van der Waals surface area contributed by atoms with Gasteiger partial charge in [-0.3, -0.25) is 9.79 Å². The fourth-order valence-electron chi connectivity index (χ4n) is 1.81. The molecule has 1 atom stereocenters. The largest absolute Gasteiger partial charge is 0.469 e. The summed E-state index contributed by atoms with van der Waals surface area (Å²) in [6, 6.07) is 9.46. The highest BCUT2D eigenvalue weighted by Crippen LogP contribution is 2.23. The lowest BCUT2D eigenvalue weighted by atomic mass is 9.96. The number of nitrogens with zero attached hydrogens (tertiary/aromatic N) is 1. The quantitative estimate of drug-likeness (QED) is 0.597. The van der Waals surface area contributed by atoms with Gasteiger partial charge < -0.3 is 9.47 Å². The first-order valence-electron chi connectivity index (χ1n) is 7.57. The Hall–Kier alpha value is -2.17. The Morgan fingerprint density at radius 1 is 1.13 bits per heavy atom. The van der Waals surface area contributed by atoms with E-state index in [1.54, 1.807) is 33.9 Å². The molecule has 0 heterocycles. The standard InChI is InChI=1S/C18H25NO4/c1-17(2,3)23-16(21)18(4,12-11-15(20)22-5)19-13-14-9-7-6-8-10-14/h6-10,13H,11-12H2,1-5H3/t18-/m0/s1. The highest BCUT2D eigenvalue weighted by Gasteiger charge is 2.37. The summed E-state index contributed by atoms with van der Waals surface area (Å²) in [6.07, 6.45) is 1.94. The second-order valence-corrected chi connectivity index (χ2v) is 6.52. The molecular formula is C18H25NO4. The smallest absolute Gasteiger partial charge is 0.334 e. The number of methoxy groups -OCH3 is 1. The number of rotatable bonds is 6. The van der Waals surface area contributed by atoms with Gasteiger partial charge in [-0.05, 0) is 39.7 Å². The minimum atomic E-state index is -1.14. The average molecular weight is 319 g/mol. The summed E-state index contributed by atoms with van der Waals surface area (Å²) in [6.45, 7) is 7.06. The third-order valence-electron chi connectivity index (χ3n) is 3.18. The first kappa shape index (κ1) is 18.9. The predicted molar refractivity (Wildman–Crippen MR) is 89.5 cm³/mol. The number of carbonyl (C=O) groups excluding carboxylic acids is 2. The van der Waals surface area contributed by atoms with Crippen molar-refractivity contribution in [2.75, 3.05) is 7.11 Å². The molecule has 0 aliphatic carbocycles. The van der Waals surface area contributed by atoms with Crippen LogP contribution in [0.1, 0.15) is 46.1 Å². The molecule has 5 nitrogen and oxygen atoms in total. The van der Waals surface area contributed by atoms with Crippen LogP contribution in [0.4, 0.5) is 0 Å². The van der Waals surface area contributed by atoms with Gasteiger partial charge in [0.2, 0.25) is 0 Å². The molecule has 0 bridgehead atoms. The summed E-state index contributed by atoms with van der Waals surface area (Å²) in [4.78, 5) is 28.3. The molecule has 5 heteroatoms. The molecule has 0 radical (unpaired) electrons. The highest BCUT2D eigenvalue weighted by atomic mass is 16.6. The molecule has 0 aliphatic heterocycles. The Bertz CT molecular complexity index is 560. The van der Waals surface area contributed by atoms with Gasteiger partial charge in [0.25, 0.3) is 0 Å². The summed E-state index contributed by atoms with van der Waals surface area (Å²) >= 11 is 0. The van der Waals surface area contributed by atoms with Crippen molar-refractivity contribution in [3.63, 3.8) is 0 Å². The maximum atomic E-state index is 12.5. The van der Waals surface area contributed by atoms with Crippen molar-refractivity contribution in [3.8, 4) is 0 Å². The Labute approximate surface area is 137 Å². The number of carbonyl (C=O) groups is 2. The number of benzene rings is 1. The van der Waals surface area contributed by atoms with Gasteiger partial charge >= 0.3 is 11.9 Å². The number of aliphatic imine (C=N–C) groups is 1. The van der Waals surface area contributed by atoms with Gasteiger partial charge in [0.1, 0.15) is 5.60 Å². The molecule has 0 saturated carbocycles. The van der Waals surface area contributed by atoms with Crippen LogP contribution in [0, 0.1) is 0 Å². The zero-order valence-electron chi connectivity index (χ0n) is 14.5. The van der Waals surface area contributed by atoms with Gasteiger partial charge in [0.15, 0.2) is 5.54 Å². The first-order chi connectivity index (χ1) is 10.7. The van der Waals surface area contributed by atoms with Gasteiger partial charge in [-0.2, -0.15) is 0 Å². The normalized spacial score (nSPS) is 14.3. The summed E-state index contributed by atoms with van der Waals surface area (Å²) in [5.41, 5.74) is -0.885. The van der Waals surface area contributed by atoms with Crippen LogP contribution in [0.5, 0.6) is 0 Å². The van der Waals surface area contributed by atoms with E-state index < -0.39 is 17.1 Å². The summed E-state index contributed by atoms with van der Waals surface area (Å²) in [7, 11) is 1.32. The summed E-state index contributed by atoms with van der Waals surface area (Å²) in [5.74, 6) is -0.837. The SMILES string of the molecule is COC(=O)CC[C@](C)(N=Cc1ccccc1)C(=O)OC(C)(C)C. The molecule has 0 unspecified atom stereocenters. The lowest BCUT2D eigenvalue weighted by Crippen LogP contribution is -2.40. The minimum Gasteiger partial charge on any atom is -0.469 e. The van der Waals surface area contributed by atoms with Gasteiger partial charge in [-0.1, -0.05) is 30.3 Å². The van der Waals surface area contributed by atoms with Crippen molar-refractivity contribution < 1.29 is 19.1 Å². The first-order valence-corrected chi connectivity index (χ1v) is 7.57. The lowest BCUT2D eigenvalue weighted by molar-refractivity contribution is -0.161. The van der Waals surface area contributed by atoms with E-state index in [1.807, 2.05) is 30.3 Å². The number of hydrogen-bond acceptors (Lipinski definition) is 5. The molecule has 1 aromatic carbocycles. The van der Waals surface area contributed by atoms with E-state index >= 15 is 0 Å². The van der Waals surface area contributed by atoms with Gasteiger partial charge in [0, 0.05) is 12.6 Å². The molecule has 1 rings (SSSR count). The molecule has 23 heavy (non-hydrogen) atoms. The van der Waals surface area contributed by atoms with E-state index in [0.29, 0.717) is 0 Å². The maximum absolute atomic E-state index is 12.5. The van der Waals surface area contributed by atoms with Gasteiger partial charge in [-0.25, -0.2) is 4.79 Å². The molecular weight excluding hydrogens is 294 g/mol. The van der Waals surface area contributed by atoms with Crippen LogP contribution in [-0.2, 0) is 19.1 Å². The lowest BCUT2D eigenvalue weighted by Gasteiger charge is -2.28. The third-order valence-corrected chi connectivity index (χ3v) is 3.18. The molecule has 0 amide bonds. The monoisotopic (exact) mass is 319 g/mol. The molecule has 0 saturated heterocycles. The van der Waals surface area contributed by atoms with E-state index in [9.17, 15) is 9.59 Å². The van der Waals surface area contributed by atoms with Crippen molar-refractivity contribution in [2.45, 2.75) is 51.7 Å². The fraction of sp³-hybridized carbons (Fsp3) is 0.500. The Balaban J connectivity index is 2.97. The maximum Gasteiger partial charge on any atom is 0.334 e. The van der Waals surface area contributed by atoms with Gasteiger partial charge in [-0.15, -0.1) is 0 Å². The molecule has 0 fully saturated rings. The molecule has 1 aromatic rings. The molecule has 0 N–H and O–H groups in total. The van der Waals surface area contributed by atoms with Crippen LogP contribution < -0.4 is 0 Å². The number of ether oxygens (including phenoxy) is 2. The second-order valence-electron chi connectivity index (χ2n) is 6.52. The predicted octanol–water partition coefficient (Wildman–Crippen LogP) is 3.16. The Morgan fingerprint density at radius 3 is 2.26 bits per heavy atom. The Morgan fingerprint density at radius 2 is 1.74 bits per heavy atom. The molecule has 0 spiro atoms. The van der Waals surface area contributed by atoms with Gasteiger partial charge in [0.05, 0.1) is 7.11 Å². The van der Waals surface area contributed by atoms with Crippen molar-refractivity contribution in [2.24, 2.45) is 4.99 Å². The van der Waals surface area contributed by atoms with E-state index in [2.05, 4.69) is 9.73 Å². The van der Waals surface area contributed by atoms with Crippen molar-refractivity contribution in [1.82, 2.24) is 0 Å². The zero-order chi connectivity index (χ0) is 17.5. The van der Waals surface area contributed by atoms with Crippen LogP contribution >= 0.6 is 0 Å². The third kappa shape index (κ3) is 6.63. The van der Waals surface area contributed by atoms with Crippen LogP contribution in [0.25, 0.3) is 0 Å².